The highest BCUT2D eigenvalue weighted by Crippen LogP contribution is 2.38. The lowest BCUT2D eigenvalue weighted by atomic mass is 9.74. The molecule has 1 aliphatic rings. The van der Waals surface area contributed by atoms with Crippen molar-refractivity contribution in [2.45, 2.75) is 39.5 Å². The van der Waals surface area contributed by atoms with Gasteiger partial charge in [0.15, 0.2) is 0 Å². The fourth-order valence-corrected chi connectivity index (χ4v) is 4.29. The minimum atomic E-state index is 0.146. The molecule has 0 aliphatic carbocycles. The summed E-state index contributed by atoms with van der Waals surface area (Å²) < 4.78 is 1.87. The molecule has 0 N–H and O–H groups in total. The van der Waals surface area contributed by atoms with Crippen molar-refractivity contribution in [3.05, 3.63) is 32.7 Å². The lowest BCUT2D eigenvalue weighted by Crippen LogP contribution is -2.42. The zero-order valence-corrected chi connectivity index (χ0v) is 15.3. The summed E-state index contributed by atoms with van der Waals surface area (Å²) in [6, 6.07) is 5.75. The molecule has 0 radical (unpaired) electrons. The zero-order valence-electron chi connectivity index (χ0n) is 12.1. The summed E-state index contributed by atoms with van der Waals surface area (Å²) in [4.78, 5) is 14.6. The van der Waals surface area contributed by atoms with E-state index < -0.39 is 0 Å². The number of carbonyl (C=O) groups excluding carboxylic acids is 1. The van der Waals surface area contributed by atoms with E-state index in [1.807, 2.05) is 23.1 Å². The number of hydrogen-bond donors (Lipinski definition) is 0. The van der Waals surface area contributed by atoms with Crippen molar-refractivity contribution in [1.82, 2.24) is 4.90 Å². The number of benzene rings is 1. The number of piperidine rings is 1. The summed E-state index contributed by atoms with van der Waals surface area (Å²) in [7, 11) is 0. The number of hydrogen-bond acceptors (Lipinski definition) is 1. The monoisotopic (exact) mass is 401 g/mol. The van der Waals surface area contributed by atoms with E-state index in [0.717, 1.165) is 40.4 Å². The van der Waals surface area contributed by atoms with Crippen LogP contribution in [-0.2, 0) is 0 Å². The Balaban J connectivity index is 2.08. The van der Waals surface area contributed by atoms with Gasteiger partial charge >= 0.3 is 0 Å². The second kappa shape index (κ2) is 6.61. The quantitative estimate of drug-likeness (QED) is 0.675. The summed E-state index contributed by atoms with van der Waals surface area (Å²) in [6.07, 6.45) is 4.68. The van der Waals surface area contributed by atoms with Gasteiger partial charge in [0, 0.05) is 27.6 Å². The first-order valence-corrected chi connectivity index (χ1v) is 8.83. The lowest BCUT2D eigenvalue weighted by Gasteiger charge is -2.41. The Morgan fingerprint density at radius 1 is 1.10 bits per heavy atom. The second-order valence-electron chi connectivity index (χ2n) is 5.66. The summed E-state index contributed by atoms with van der Waals surface area (Å²) in [6.45, 7) is 6.30. The first-order chi connectivity index (χ1) is 9.49. The number of nitrogens with zero attached hydrogens (tertiary/aromatic N) is 1. The van der Waals surface area contributed by atoms with Crippen LogP contribution >= 0.6 is 31.9 Å². The normalized spacial score (nSPS) is 18.1. The molecule has 2 nitrogen and oxygen atoms in total. The van der Waals surface area contributed by atoms with Gasteiger partial charge in [-0.05, 0) is 36.5 Å². The van der Waals surface area contributed by atoms with Gasteiger partial charge in [0.05, 0.1) is 0 Å². The molecule has 0 bridgehead atoms. The maximum absolute atomic E-state index is 12.6. The molecule has 1 saturated heterocycles. The summed E-state index contributed by atoms with van der Waals surface area (Å²) >= 11 is 6.89. The van der Waals surface area contributed by atoms with E-state index in [9.17, 15) is 4.79 Å². The van der Waals surface area contributed by atoms with E-state index in [0.29, 0.717) is 5.41 Å². The molecule has 1 fully saturated rings. The van der Waals surface area contributed by atoms with Gasteiger partial charge in [0.2, 0.25) is 0 Å². The van der Waals surface area contributed by atoms with Gasteiger partial charge in [-0.1, -0.05) is 58.5 Å². The number of rotatable bonds is 3. The Morgan fingerprint density at radius 2 is 1.60 bits per heavy atom. The molecular weight excluding hydrogens is 382 g/mol. The van der Waals surface area contributed by atoms with Crippen molar-refractivity contribution in [1.29, 1.82) is 0 Å². The van der Waals surface area contributed by atoms with Crippen LogP contribution in [0.3, 0.4) is 0 Å². The minimum Gasteiger partial charge on any atom is -0.339 e. The minimum absolute atomic E-state index is 0.146. The van der Waals surface area contributed by atoms with Gasteiger partial charge < -0.3 is 4.90 Å². The van der Waals surface area contributed by atoms with Crippen molar-refractivity contribution in [2.24, 2.45) is 5.41 Å². The highest BCUT2D eigenvalue weighted by Gasteiger charge is 2.33. The Hall–Kier alpha value is -0.350. The molecule has 0 saturated carbocycles. The maximum Gasteiger partial charge on any atom is 0.253 e. The predicted octanol–water partition coefficient (Wildman–Crippen LogP) is 5.25. The van der Waals surface area contributed by atoms with Gasteiger partial charge in [-0.25, -0.2) is 0 Å². The molecule has 4 heteroatoms. The molecule has 2 rings (SSSR count). The average molecular weight is 403 g/mol. The largest absolute Gasteiger partial charge is 0.339 e. The molecule has 1 heterocycles. The van der Waals surface area contributed by atoms with E-state index in [2.05, 4.69) is 45.7 Å². The predicted molar refractivity (Wildman–Crippen MR) is 90.0 cm³/mol. The Bertz CT molecular complexity index is 467. The van der Waals surface area contributed by atoms with E-state index in [-0.39, 0.29) is 5.91 Å². The second-order valence-corrected chi connectivity index (χ2v) is 7.49. The molecular formula is C16H21Br2NO. The fraction of sp³-hybridized carbons (Fsp3) is 0.562. The molecule has 0 atom stereocenters. The van der Waals surface area contributed by atoms with Gasteiger partial charge in [-0.3, -0.25) is 4.79 Å². The topological polar surface area (TPSA) is 20.3 Å². The van der Waals surface area contributed by atoms with Crippen LogP contribution < -0.4 is 0 Å². The Kier molecular flexibility index (Phi) is 5.30. The third kappa shape index (κ3) is 3.45. The van der Waals surface area contributed by atoms with Crippen LogP contribution in [0.1, 0.15) is 49.9 Å². The number of halogens is 2. The molecule has 0 spiro atoms. The van der Waals surface area contributed by atoms with E-state index in [4.69, 9.17) is 0 Å². The van der Waals surface area contributed by atoms with Gasteiger partial charge in [0.1, 0.15) is 0 Å². The van der Waals surface area contributed by atoms with Crippen LogP contribution in [0.2, 0.25) is 0 Å². The maximum atomic E-state index is 12.6. The van der Waals surface area contributed by atoms with Crippen LogP contribution in [-0.4, -0.2) is 23.9 Å². The molecule has 0 aromatic heterocycles. The molecule has 1 aromatic carbocycles. The first kappa shape index (κ1) is 16.0. The molecule has 1 amide bonds. The molecule has 1 aliphatic heterocycles. The van der Waals surface area contributed by atoms with Crippen molar-refractivity contribution in [2.75, 3.05) is 13.1 Å². The number of amides is 1. The Labute approximate surface area is 138 Å². The summed E-state index contributed by atoms with van der Waals surface area (Å²) in [5.41, 5.74) is 1.21. The SMILES string of the molecule is CCC1(CC)CCN(C(=O)c2cc(Br)cc(Br)c2)CC1. The van der Waals surface area contributed by atoms with Crippen LogP contribution in [0.4, 0.5) is 0 Å². The number of carbonyl (C=O) groups is 1. The van der Waals surface area contributed by atoms with Crippen LogP contribution in [0.25, 0.3) is 0 Å². The smallest absolute Gasteiger partial charge is 0.253 e. The Morgan fingerprint density at radius 3 is 2.05 bits per heavy atom. The van der Waals surface area contributed by atoms with Crippen LogP contribution in [0, 0.1) is 5.41 Å². The average Bonchev–Trinajstić information content (AvgIpc) is 2.45. The van der Waals surface area contributed by atoms with Crippen molar-refractivity contribution in [3.8, 4) is 0 Å². The third-order valence-corrected chi connectivity index (χ3v) is 5.64. The standard InChI is InChI=1S/C16H21Br2NO/c1-3-16(4-2)5-7-19(8-6-16)15(20)12-9-13(17)11-14(18)10-12/h9-11H,3-8H2,1-2H3. The van der Waals surface area contributed by atoms with E-state index in [1.165, 1.54) is 12.8 Å². The lowest BCUT2D eigenvalue weighted by molar-refractivity contribution is 0.0557. The zero-order chi connectivity index (χ0) is 14.8. The molecule has 110 valence electrons. The fourth-order valence-electron chi connectivity index (χ4n) is 3.00. The van der Waals surface area contributed by atoms with Crippen molar-refractivity contribution in [3.63, 3.8) is 0 Å². The first-order valence-electron chi connectivity index (χ1n) is 7.25. The van der Waals surface area contributed by atoms with E-state index in [1.54, 1.807) is 0 Å². The molecule has 0 unspecified atom stereocenters. The van der Waals surface area contributed by atoms with Crippen molar-refractivity contribution < 1.29 is 4.79 Å². The summed E-state index contributed by atoms with van der Waals surface area (Å²) in [5, 5.41) is 0. The highest BCUT2D eigenvalue weighted by molar-refractivity contribution is 9.11. The third-order valence-electron chi connectivity index (χ3n) is 4.72. The van der Waals surface area contributed by atoms with Crippen molar-refractivity contribution >= 4 is 37.8 Å². The van der Waals surface area contributed by atoms with E-state index >= 15 is 0 Å². The summed E-state index contributed by atoms with van der Waals surface area (Å²) in [5.74, 6) is 0.146. The molecule has 1 aromatic rings. The molecule has 20 heavy (non-hydrogen) atoms. The van der Waals surface area contributed by atoms with Crippen LogP contribution in [0.15, 0.2) is 27.1 Å². The van der Waals surface area contributed by atoms with Crippen LogP contribution in [0.5, 0.6) is 0 Å². The van der Waals surface area contributed by atoms with Gasteiger partial charge in [-0.15, -0.1) is 0 Å². The number of likely N-dealkylation sites (tertiary alicyclic amines) is 1. The van der Waals surface area contributed by atoms with Gasteiger partial charge in [-0.2, -0.15) is 0 Å². The highest BCUT2D eigenvalue weighted by atomic mass is 79.9. The van der Waals surface area contributed by atoms with Gasteiger partial charge in [0.25, 0.3) is 5.91 Å².